The number of halogens is 1. The van der Waals surface area contributed by atoms with Gasteiger partial charge >= 0.3 is 5.97 Å². The number of fused-ring (bicyclic) bond motifs is 3. The van der Waals surface area contributed by atoms with Crippen molar-refractivity contribution < 1.29 is 14.7 Å². The van der Waals surface area contributed by atoms with Gasteiger partial charge in [-0.1, -0.05) is 60.1 Å². The molecule has 8 nitrogen and oxygen atoms in total. The maximum atomic E-state index is 12.3. The van der Waals surface area contributed by atoms with Crippen molar-refractivity contribution in [1.82, 2.24) is 20.6 Å². The van der Waals surface area contributed by atoms with Gasteiger partial charge in [-0.3, -0.25) is 9.78 Å². The van der Waals surface area contributed by atoms with Gasteiger partial charge in [0.1, 0.15) is 5.82 Å². The number of carbonyl (C=O) groups excluding carboxylic acids is 1. The third-order valence-electron chi connectivity index (χ3n) is 7.04. The van der Waals surface area contributed by atoms with Crippen molar-refractivity contribution in [2.75, 3.05) is 25.0 Å². The number of aromatic carboxylic acids is 1. The van der Waals surface area contributed by atoms with Crippen molar-refractivity contribution in [3.63, 3.8) is 0 Å². The molecule has 4 N–H and O–H groups in total. The van der Waals surface area contributed by atoms with Crippen molar-refractivity contribution in [1.29, 1.82) is 0 Å². The van der Waals surface area contributed by atoms with Gasteiger partial charge < -0.3 is 21.1 Å². The molecule has 5 aromatic rings. The molecule has 1 amide bonds. The summed E-state index contributed by atoms with van der Waals surface area (Å²) in [6.45, 7) is 2.47. The number of amides is 1. The van der Waals surface area contributed by atoms with E-state index in [1.807, 2.05) is 48.5 Å². The highest BCUT2D eigenvalue weighted by atomic mass is 35.5. The van der Waals surface area contributed by atoms with Gasteiger partial charge in [-0.2, -0.15) is 0 Å². The quantitative estimate of drug-likeness (QED) is 0.0953. The monoisotopic (exact) mass is 581 g/mol. The molecule has 0 radical (unpaired) electrons. The highest BCUT2D eigenvalue weighted by molar-refractivity contribution is 6.33. The number of carbonyl (C=O) groups is 2. The molecule has 214 valence electrons. The molecule has 0 atom stereocenters. The van der Waals surface area contributed by atoms with E-state index in [-0.39, 0.29) is 11.5 Å². The Morgan fingerprint density at radius 2 is 1.69 bits per heavy atom. The summed E-state index contributed by atoms with van der Waals surface area (Å²) >= 11 is 6.50. The number of rotatable bonds is 13. The van der Waals surface area contributed by atoms with Gasteiger partial charge in [0.15, 0.2) is 0 Å². The van der Waals surface area contributed by atoms with E-state index in [0.717, 1.165) is 45.7 Å². The Bertz CT molecular complexity index is 1710. The third-order valence-corrected chi connectivity index (χ3v) is 7.35. The fraction of sp³-hybridized carbons (Fsp3) is 0.212. The van der Waals surface area contributed by atoms with Crippen molar-refractivity contribution in [3.05, 3.63) is 101 Å². The zero-order chi connectivity index (χ0) is 29.3. The molecule has 0 fully saturated rings. The topological polar surface area (TPSA) is 116 Å². The summed E-state index contributed by atoms with van der Waals surface area (Å²) in [5, 5.41) is 22.4. The number of carboxylic acid groups (broad SMARTS) is 1. The highest BCUT2D eigenvalue weighted by Gasteiger charge is 2.11. The van der Waals surface area contributed by atoms with Crippen LogP contribution in [-0.4, -0.2) is 46.6 Å². The van der Waals surface area contributed by atoms with E-state index < -0.39 is 5.97 Å². The zero-order valence-electron chi connectivity index (χ0n) is 23.1. The lowest BCUT2D eigenvalue weighted by molar-refractivity contribution is -0.121. The number of pyridine rings is 2. The number of carboxylic acids is 1. The van der Waals surface area contributed by atoms with Gasteiger partial charge in [-0.05, 0) is 48.2 Å². The minimum atomic E-state index is -0.990. The lowest BCUT2D eigenvalue weighted by Gasteiger charge is -2.12. The molecule has 2 aromatic heterocycles. The number of benzene rings is 3. The third kappa shape index (κ3) is 7.21. The first-order valence-electron chi connectivity index (χ1n) is 14.0. The molecule has 0 bridgehead atoms. The number of nitrogens with zero attached hydrogens (tertiary/aromatic N) is 2. The van der Waals surface area contributed by atoms with Gasteiger partial charge in [0.05, 0.1) is 11.1 Å². The van der Waals surface area contributed by atoms with Crippen LogP contribution in [0.3, 0.4) is 0 Å². The van der Waals surface area contributed by atoms with E-state index in [4.69, 9.17) is 16.6 Å². The average Bonchev–Trinajstić information content (AvgIpc) is 3.01. The molecule has 0 spiro atoms. The first kappa shape index (κ1) is 29.0. The van der Waals surface area contributed by atoms with Crippen LogP contribution in [0.2, 0.25) is 5.02 Å². The number of hydrogen-bond donors (Lipinski definition) is 4. The van der Waals surface area contributed by atoms with E-state index in [0.29, 0.717) is 49.0 Å². The Hall–Kier alpha value is -4.53. The first-order valence-corrected chi connectivity index (χ1v) is 14.3. The van der Waals surface area contributed by atoms with Crippen LogP contribution in [0.25, 0.3) is 32.8 Å². The van der Waals surface area contributed by atoms with Crippen LogP contribution < -0.4 is 16.0 Å². The number of anilines is 1. The predicted octanol–water partition coefficient (Wildman–Crippen LogP) is 6.29. The summed E-state index contributed by atoms with van der Waals surface area (Å²) in [7, 11) is 0. The SMILES string of the molecule is O=C(CCNCc1ccc(-c2ccccc2)c(Cl)c1)NCCCCNc1nc2cc(C(=O)O)ccc2c2cnccc12. The Kier molecular flexibility index (Phi) is 9.59. The Balaban J connectivity index is 1.02. The highest BCUT2D eigenvalue weighted by Crippen LogP contribution is 2.30. The van der Waals surface area contributed by atoms with Crippen LogP contribution in [-0.2, 0) is 11.3 Å². The number of nitrogens with one attached hydrogen (secondary N) is 3. The molecule has 5 rings (SSSR count). The van der Waals surface area contributed by atoms with E-state index >= 15 is 0 Å². The maximum Gasteiger partial charge on any atom is 0.335 e. The maximum absolute atomic E-state index is 12.3. The number of aromatic nitrogens is 2. The predicted molar refractivity (Wildman–Crippen MR) is 168 cm³/mol. The van der Waals surface area contributed by atoms with Crippen LogP contribution in [0.15, 0.2) is 85.2 Å². The number of hydrogen-bond acceptors (Lipinski definition) is 6. The standard InChI is InChI=1S/C33H32ClN5O3/c34-29-18-22(8-10-25(29)23-6-2-1-3-7-23)20-35-17-13-31(40)37-14-4-5-15-38-32-27-12-16-36-21-28(27)26-11-9-24(33(41)42)19-30(26)39-32/h1-3,6-12,16,18-19,21,35H,4-5,13-15,17,20H2,(H,37,40)(H,38,39)(H,41,42). The van der Waals surface area contributed by atoms with E-state index in [1.54, 1.807) is 30.6 Å². The van der Waals surface area contributed by atoms with Crippen LogP contribution in [0.1, 0.15) is 35.2 Å². The van der Waals surface area contributed by atoms with E-state index in [1.165, 1.54) is 0 Å². The second kappa shape index (κ2) is 13.9. The molecule has 0 aliphatic heterocycles. The lowest BCUT2D eigenvalue weighted by atomic mass is 10.0. The van der Waals surface area contributed by atoms with Crippen molar-refractivity contribution in [2.45, 2.75) is 25.8 Å². The molecule has 42 heavy (non-hydrogen) atoms. The largest absolute Gasteiger partial charge is 0.478 e. The van der Waals surface area contributed by atoms with Crippen molar-refractivity contribution in [2.24, 2.45) is 0 Å². The summed E-state index contributed by atoms with van der Waals surface area (Å²) in [6, 6.07) is 22.9. The van der Waals surface area contributed by atoms with Crippen LogP contribution in [0, 0.1) is 0 Å². The molecule has 3 aromatic carbocycles. The second-order valence-electron chi connectivity index (χ2n) is 10.0. The average molecular weight is 582 g/mol. The summed E-state index contributed by atoms with van der Waals surface area (Å²) in [5.74, 6) is -0.290. The minimum absolute atomic E-state index is 0.0110. The zero-order valence-corrected chi connectivity index (χ0v) is 23.8. The molecule has 0 saturated carbocycles. The molecule has 0 aliphatic rings. The smallest absolute Gasteiger partial charge is 0.335 e. The summed E-state index contributed by atoms with van der Waals surface area (Å²) in [6.07, 6.45) is 5.53. The first-order chi connectivity index (χ1) is 20.5. The Morgan fingerprint density at radius 3 is 2.50 bits per heavy atom. The molecule has 0 aliphatic carbocycles. The van der Waals surface area contributed by atoms with Gasteiger partial charge in [-0.25, -0.2) is 9.78 Å². The molecular formula is C33H32ClN5O3. The van der Waals surface area contributed by atoms with Gasteiger partial charge in [-0.15, -0.1) is 0 Å². The Labute approximate surface area is 249 Å². The molecular weight excluding hydrogens is 550 g/mol. The molecule has 0 unspecified atom stereocenters. The van der Waals surface area contributed by atoms with Gasteiger partial charge in [0, 0.05) is 71.7 Å². The van der Waals surface area contributed by atoms with Gasteiger partial charge in [0.2, 0.25) is 5.91 Å². The fourth-order valence-corrected chi connectivity index (χ4v) is 5.16. The number of unbranched alkanes of at least 4 members (excludes halogenated alkanes) is 1. The fourth-order valence-electron chi connectivity index (χ4n) is 4.84. The van der Waals surface area contributed by atoms with Crippen molar-refractivity contribution >= 4 is 51.0 Å². The van der Waals surface area contributed by atoms with Crippen molar-refractivity contribution in [3.8, 4) is 11.1 Å². The summed E-state index contributed by atoms with van der Waals surface area (Å²) in [5.41, 5.74) is 3.95. The second-order valence-corrected chi connectivity index (χ2v) is 10.4. The Morgan fingerprint density at radius 1 is 0.857 bits per heavy atom. The van der Waals surface area contributed by atoms with Crippen LogP contribution in [0.5, 0.6) is 0 Å². The molecule has 9 heteroatoms. The normalized spacial score (nSPS) is 11.1. The van der Waals surface area contributed by atoms with E-state index in [9.17, 15) is 14.7 Å². The van der Waals surface area contributed by atoms with E-state index in [2.05, 4.69) is 27.0 Å². The minimum Gasteiger partial charge on any atom is -0.478 e. The molecule has 2 heterocycles. The molecule has 0 saturated heterocycles. The lowest BCUT2D eigenvalue weighted by Crippen LogP contribution is -2.28. The summed E-state index contributed by atoms with van der Waals surface area (Å²) in [4.78, 5) is 32.6. The van der Waals surface area contributed by atoms with Crippen LogP contribution in [0.4, 0.5) is 5.82 Å². The van der Waals surface area contributed by atoms with Crippen LogP contribution >= 0.6 is 11.6 Å². The van der Waals surface area contributed by atoms with Gasteiger partial charge in [0.25, 0.3) is 0 Å². The summed E-state index contributed by atoms with van der Waals surface area (Å²) < 4.78 is 0.